The van der Waals surface area contributed by atoms with Crippen molar-refractivity contribution in [3.8, 4) is 11.5 Å². The number of rotatable bonds is 3. The van der Waals surface area contributed by atoms with Gasteiger partial charge in [-0.05, 0) is 35.9 Å². The third-order valence-electron chi connectivity index (χ3n) is 3.15. The number of cyclic esters (lactones) is 1. The van der Waals surface area contributed by atoms with Gasteiger partial charge in [0.05, 0.1) is 7.11 Å². The number of phenolic OH excluding ortho intramolecular Hbond substituents is 1. The maximum absolute atomic E-state index is 11.9. The predicted octanol–water partition coefficient (Wildman–Crippen LogP) is 2.75. The van der Waals surface area contributed by atoms with Crippen LogP contribution in [-0.4, -0.2) is 24.1 Å². The number of ether oxygens (including phenoxy) is 2. The van der Waals surface area contributed by atoms with E-state index < -0.39 is 5.97 Å². The fourth-order valence-corrected chi connectivity index (χ4v) is 2.06. The van der Waals surface area contributed by atoms with E-state index in [4.69, 9.17) is 9.47 Å². The normalized spacial score (nSPS) is 15.6. The van der Waals surface area contributed by atoms with E-state index in [9.17, 15) is 9.90 Å². The largest absolute Gasteiger partial charge is 0.504 e. The van der Waals surface area contributed by atoms with Crippen LogP contribution in [0, 0.1) is 0 Å². The molecule has 0 saturated carbocycles. The topological polar surface area (TPSA) is 68.1 Å². The average Bonchev–Trinajstić information content (AvgIpc) is 2.91. The summed E-state index contributed by atoms with van der Waals surface area (Å²) in [5.74, 6) is 0.133. The van der Waals surface area contributed by atoms with E-state index in [0.29, 0.717) is 11.3 Å². The number of phenols is 1. The molecule has 0 unspecified atom stereocenters. The number of aromatic hydroxyl groups is 1. The van der Waals surface area contributed by atoms with Crippen LogP contribution in [0.15, 0.2) is 59.2 Å². The molecule has 0 spiro atoms. The smallest absolute Gasteiger partial charge is 0.363 e. The molecule has 5 heteroatoms. The number of hydrogen-bond donors (Lipinski definition) is 1. The second-order valence-corrected chi connectivity index (χ2v) is 4.63. The summed E-state index contributed by atoms with van der Waals surface area (Å²) in [6.07, 6.45) is 1.58. The highest BCUT2D eigenvalue weighted by Crippen LogP contribution is 2.28. The number of carbonyl (C=O) groups excluding carboxylic acids is 1. The number of carbonyl (C=O) groups is 1. The summed E-state index contributed by atoms with van der Waals surface area (Å²) >= 11 is 0. The number of hydrogen-bond acceptors (Lipinski definition) is 5. The Morgan fingerprint density at radius 1 is 1.18 bits per heavy atom. The Balaban J connectivity index is 1.94. The lowest BCUT2D eigenvalue weighted by Gasteiger charge is -2.03. The Labute approximate surface area is 127 Å². The Hall–Kier alpha value is -3.08. The first kappa shape index (κ1) is 13.9. The fourth-order valence-electron chi connectivity index (χ4n) is 2.06. The Morgan fingerprint density at radius 3 is 2.68 bits per heavy atom. The van der Waals surface area contributed by atoms with E-state index in [1.54, 1.807) is 18.2 Å². The maximum atomic E-state index is 11.9. The standard InChI is InChI=1S/C17H13NO4/c1-21-15-10-11(7-8-14(15)19)9-13-17(20)22-16(18-13)12-5-3-2-4-6-12/h2-10,19H,1H3/b13-9-. The Bertz CT molecular complexity index is 779. The zero-order chi connectivity index (χ0) is 15.5. The van der Waals surface area contributed by atoms with Crippen LogP contribution in [0.5, 0.6) is 11.5 Å². The van der Waals surface area contributed by atoms with E-state index in [-0.39, 0.29) is 17.3 Å². The predicted molar refractivity (Wildman–Crippen MR) is 81.7 cm³/mol. The Kier molecular flexibility index (Phi) is 3.62. The molecule has 0 fully saturated rings. The third-order valence-corrected chi connectivity index (χ3v) is 3.15. The minimum Gasteiger partial charge on any atom is -0.504 e. The summed E-state index contributed by atoms with van der Waals surface area (Å²) in [5.41, 5.74) is 1.62. The van der Waals surface area contributed by atoms with E-state index in [2.05, 4.69) is 4.99 Å². The minimum absolute atomic E-state index is 0.0344. The molecule has 0 aliphatic carbocycles. The van der Waals surface area contributed by atoms with Crippen molar-refractivity contribution in [3.05, 3.63) is 65.4 Å². The first-order chi connectivity index (χ1) is 10.7. The summed E-state index contributed by atoms with van der Waals surface area (Å²) in [6, 6.07) is 14.0. The van der Waals surface area contributed by atoms with Crippen molar-refractivity contribution in [2.45, 2.75) is 0 Å². The molecule has 0 amide bonds. The van der Waals surface area contributed by atoms with Gasteiger partial charge in [-0.1, -0.05) is 24.3 Å². The number of esters is 1. The third kappa shape index (κ3) is 2.69. The molecule has 1 aliphatic heterocycles. The van der Waals surface area contributed by atoms with Crippen LogP contribution < -0.4 is 4.74 Å². The Morgan fingerprint density at radius 2 is 1.95 bits per heavy atom. The van der Waals surface area contributed by atoms with Crippen LogP contribution in [0.3, 0.4) is 0 Å². The molecule has 3 rings (SSSR count). The molecule has 0 saturated heterocycles. The molecule has 1 aliphatic rings. The highest BCUT2D eigenvalue weighted by molar-refractivity contribution is 6.12. The zero-order valence-electron chi connectivity index (χ0n) is 11.8. The lowest BCUT2D eigenvalue weighted by atomic mass is 10.1. The van der Waals surface area contributed by atoms with Crippen molar-refractivity contribution in [1.82, 2.24) is 0 Å². The van der Waals surface area contributed by atoms with Crippen molar-refractivity contribution < 1.29 is 19.4 Å². The van der Waals surface area contributed by atoms with Gasteiger partial charge in [-0.3, -0.25) is 0 Å². The zero-order valence-corrected chi connectivity index (χ0v) is 11.8. The number of aliphatic imine (C=N–C) groups is 1. The van der Waals surface area contributed by atoms with Crippen molar-refractivity contribution in [1.29, 1.82) is 0 Å². The molecule has 2 aromatic rings. The quantitative estimate of drug-likeness (QED) is 0.698. The lowest BCUT2D eigenvalue weighted by Crippen LogP contribution is -2.04. The van der Waals surface area contributed by atoms with Gasteiger partial charge >= 0.3 is 5.97 Å². The molecule has 0 aromatic heterocycles. The summed E-state index contributed by atoms with van der Waals surface area (Å²) in [6.45, 7) is 0. The van der Waals surface area contributed by atoms with Gasteiger partial charge in [-0.2, -0.15) is 0 Å². The molecule has 1 N–H and O–H groups in total. The van der Waals surface area contributed by atoms with Crippen LogP contribution in [0.1, 0.15) is 11.1 Å². The van der Waals surface area contributed by atoms with Crippen LogP contribution in [0.4, 0.5) is 0 Å². The number of methoxy groups -OCH3 is 1. The highest BCUT2D eigenvalue weighted by atomic mass is 16.6. The van der Waals surface area contributed by atoms with Crippen molar-refractivity contribution in [2.24, 2.45) is 4.99 Å². The molecule has 110 valence electrons. The highest BCUT2D eigenvalue weighted by Gasteiger charge is 2.23. The first-order valence-electron chi connectivity index (χ1n) is 6.62. The second-order valence-electron chi connectivity index (χ2n) is 4.63. The van der Waals surface area contributed by atoms with E-state index in [1.165, 1.54) is 13.2 Å². The minimum atomic E-state index is -0.508. The van der Waals surface area contributed by atoms with Gasteiger partial charge in [0.2, 0.25) is 5.90 Å². The van der Waals surface area contributed by atoms with Crippen molar-refractivity contribution >= 4 is 17.9 Å². The number of nitrogens with zero attached hydrogens (tertiary/aromatic N) is 1. The molecule has 2 aromatic carbocycles. The number of benzene rings is 2. The van der Waals surface area contributed by atoms with Gasteiger partial charge in [0, 0.05) is 5.56 Å². The van der Waals surface area contributed by atoms with Gasteiger partial charge in [0.1, 0.15) is 0 Å². The van der Waals surface area contributed by atoms with Gasteiger partial charge < -0.3 is 14.6 Å². The average molecular weight is 295 g/mol. The summed E-state index contributed by atoms with van der Waals surface area (Å²) in [7, 11) is 1.46. The van der Waals surface area contributed by atoms with Crippen LogP contribution in [0.2, 0.25) is 0 Å². The summed E-state index contributed by atoms with van der Waals surface area (Å²) in [5, 5.41) is 9.57. The van der Waals surface area contributed by atoms with E-state index in [1.807, 2.05) is 30.3 Å². The molecular formula is C17H13NO4. The monoisotopic (exact) mass is 295 g/mol. The van der Waals surface area contributed by atoms with Crippen molar-refractivity contribution in [2.75, 3.05) is 7.11 Å². The van der Waals surface area contributed by atoms with Gasteiger partial charge in [0.25, 0.3) is 0 Å². The lowest BCUT2D eigenvalue weighted by molar-refractivity contribution is -0.129. The fraction of sp³-hybridized carbons (Fsp3) is 0.0588. The second kappa shape index (κ2) is 5.73. The molecule has 22 heavy (non-hydrogen) atoms. The maximum Gasteiger partial charge on any atom is 0.363 e. The van der Waals surface area contributed by atoms with Crippen molar-refractivity contribution in [3.63, 3.8) is 0 Å². The van der Waals surface area contributed by atoms with Gasteiger partial charge in [0.15, 0.2) is 17.2 Å². The van der Waals surface area contributed by atoms with E-state index in [0.717, 1.165) is 5.56 Å². The summed E-state index contributed by atoms with van der Waals surface area (Å²) in [4.78, 5) is 16.1. The molecule has 5 nitrogen and oxygen atoms in total. The van der Waals surface area contributed by atoms with E-state index >= 15 is 0 Å². The van der Waals surface area contributed by atoms with Gasteiger partial charge in [-0.15, -0.1) is 0 Å². The SMILES string of the molecule is COc1cc(/C=C2\N=C(c3ccccc3)OC2=O)ccc1O. The summed E-state index contributed by atoms with van der Waals surface area (Å²) < 4.78 is 10.2. The molecule has 1 heterocycles. The molecule has 0 atom stereocenters. The van der Waals surface area contributed by atoms with Crippen LogP contribution in [0.25, 0.3) is 6.08 Å². The first-order valence-corrected chi connectivity index (χ1v) is 6.62. The molecule has 0 bridgehead atoms. The molecular weight excluding hydrogens is 282 g/mol. The van der Waals surface area contributed by atoms with Crippen LogP contribution in [-0.2, 0) is 9.53 Å². The molecule has 0 radical (unpaired) electrons. The van der Waals surface area contributed by atoms with Crippen LogP contribution >= 0.6 is 0 Å². The van der Waals surface area contributed by atoms with Gasteiger partial charge in [-0.25, -0.2) is 9.79 Å².